The molecule has 0 aromatic heterocycles. The molecule has 0 saturated heterocycles. The highest BCUT2D eigenvalue weighted by molar-refractivity contribution is 5.94. The molecule has 6 nitrogen and oxygen atoms in total. The van der Waals surface area contributed by atoms with Crippen LogP contribution in [-0.2, 0) is 9.59 Å². The van der Waals surface area contributed by atoms with Crippen LogP contribution in [0.3, 0.4) is 0 Å². The van der Waals surface area contributed by atoms with E-state index >= 15 is 0 Å². The van der Waals surface area contributed by atoms with Gasteiger partial charge in [-0.1, -0.05) is 6.07 Å². The number of ether oxygens (including phenoxy) is 2. The fourth-order valence-electron chi connectivity index (χ4n) is 1.57. The van der Waals surface area contributed by atoms with Crippen LogP contribution in [0.5, 0.6) is 11.5 Å². The Morgan fingerprint density at radius 2 is 2.05 bits per heavy atom. The highest BCUT2D eigenvalue weighted by atomic mass is 16.7. The standard InChI is InChI=1S/C14H16N2O4/c1-16(2)14(18)8-15-13(17)6-4-10-3-5-11-12(7-10)20-9-19-11/h3-7H,8-9H2,1-2H3,(H,15,17)/b6-4+. The summed E-state index contributed by atoms with van der Waals surface area (Å²) >= 11 is 0. The maximum absolute atomic E-state index is 11.6. The zero-order chi connectivity index (χ0) is 14.5. The van der Waals surface area contributed by atoms with E-state index in [1.165, 1.54) is 11.0 Å². The van der Waals surface area contributed by atoms with Crippen molar-refractivity contribution in [2.75, 3.05) is 27.4 Å². The van der Waals surface area contributed by atoms with E-state index in [-0.39, 0.29) is 25.2 Å². The molecule has 1 aliphatic heterocycles. The van der Waals surface area contributed by atoms with Gasteiger partial charge in [0.25, 0.3) is 0 Å². The fraction of sp³-hybridized carbons (Fsp3) is 0.286. The third-order valence-electron chi connectivity index (χ3n) is 2.74. The summed E-state index contributed by atoms with van der Waals surface area (Å²) in [4.78, 5) is 24.3. The Labute approximate surface area is 117 Å². The molecule has 0 unspecified atom stereocenters. The van der Waals surface area contributed by atoms with Crippen LogP contribution in [0.2, 0.25) is 0 Å². The molecule has 1 aromatic carbocycles. The highest BCUT2D eigenvalue weighted by Gasteiger charge is 2.12. The van der Waals surface area contributed by atoms with Gasteiger partial charge in [-0.2, -0.15) is 0 Å². The van der Waals surface area contributed by atoms with Gasteiger partial charge in [0.2, 0.25) is 18.6 Å². The summed E-state index contributed by atoms with van der Waals surface area (Å²) in [6.45, 7) is 0.201. The van der Waals surface area contributed by atoms with Crippen LogP contribution >= 0.6 is 0 Å². The van der Waals surface area contributed by atoms with Crippen LogP contribution in [0.25, 0.3) is 6.08 Å². The van der Waals surface area contributed by atoms with Gasteiger partial charge < -0.3 is 19.7 Å². The van der Waals surface area contributed by atoms with Gasteiger partial charge >= 0.3 is 0 Å². The first-order valence-electron chi connectivity index (χ1n) is 6.12. The number of rotatable bonds is 4. The molecule has 0 spiro atoms. The average Bonchev–Trinajstić information content (AvgIpc) is 2.89. The summed E-state index contributed by atoms with van der Waals surface area (Å²) in [6.07, 6.45) is 3.03. The second-order valence-corrected chi connectivity index (χ2v) is 4.45. The number of likely N-dealkylation sites (N-methyl/N-ethyl adjacent to an activating group) is 1. The van der Waals surface area contributed by atoms with Crippen molar-refractivity contribution in [2.45, 2.75) is 0 Å². The van der Waals surface area contributed by atoms with Crippen LogP contribution in [0.4, 0.5) is 0 Å². The molecular formula is C14H16N2O4. The molecule has 0 atom stereocenters. The van der Waals surface area contributed by atoms with Crippen molar-refractivity contribution >= 4 is 17.9 Å². The smallest absolute Gasteiger partial charge is 0.244 e. The Hall–Kier alpha value is -2.50. The van der Waals surface area contributed by atoms with Crippen LogP contribution < -0.4 is 14.8 Å². The lowest BCUT2D eigenvalue weighted by molar-refractivity contribution is -0.129. The molecule has 20 heavy (non-hydrogen) atoms. The van der Waals surface area contributed by atoms with E-state index in [2.05, 4.69) is 5.32 Å². The van der Waals surface area contributed by atoms with Crippen molar-refractivity contribution < 1.29 is 19.1 Å². The molecule has 1 aromatic rings. The lowest BCUT2D eigenvalue weighted by Crippen LogP contribution is -2.35. The third kappa shape index (κ3) is 3.50. The van der Waals surface area contributed by atoms with Gasteiger partial charge in [0.05, 0.1) is 6.54 Å². The molecule has 2 amide bonds. The predicted octanol–water partition coefficient (Wildman–Crippen LogP) is 0.633. The monoisotopic (exact) mass is 276 g/mol. The van der Waals surface area contributed by atoms with Crippen LogP contribution in [0.15, 0.2) is 24.3 Å². The lowest BCUT2D eigenvalue weighted by atomic mass is 10.2. The van der Waals surface area contributed by atoms with Crippen molar-refractivity contribution in [3.63, 3.8) is 0 Å². The second kappa shape index (κ2) is 6.10. The third-order valence-corrected chi connectivity index (χ3v) is 2.74. The van der Waals surface area contributed by atoms with E-state index in [0.717, 1.165) is 5.56 Å². The normalized spacial score (nSPS) is 12.5. The molecule has 0 saturated carbocycles. The summed E-state index contributed by atoms with van der Waals surface area (Å²) < 4.78 is 10.4. The molecule has 106 valence electrons. The molecular weight excluding hydrogens is 260 g/mol. The summed E-state index contributed by atoms with van der Waals surface area (Å²) in [5.74, 6) is 0.881. The zero-order valence-electron chi connectivity index (χ0n) is 11.4. The average molecular weight is 276 g/mol. The topological polar surface area (TPSA) is 67.9 Å². The minimum absolute atomic E-state index is 0.0166. The van der Waals surface area contributed by atoms with Gasteiger partial charge in [-0.25, -0.2) is 0 Å². The van der Waals surface area contributed by atoms with Gasteiger partial charge in [-0.15, -0.1) is 0 Å². The predicted molar refractivity (Wildman–Crippen MR) is 73.3 cm³/mol. The van der Waals surface area contributed by atoms with E-state index in [1.807, 2.05) is 6.07 Å². The van der Waals surface area contributed by atoms with Gasteiger partial charge in [-0.3, -0.25) is 9.59 Å². The quantitative estimate of drug-likeness (QED) is 0.819. The number of hydrogen-bond donors (Lipinski definition) is 1. The molecule has 0 aliphatic carbocycles. The Morgan fingerprint density at radius 3 is 2.80 bits per heavy atom. The number of carbonyl (C=O) groups excluding carboxylic acids is 2. The number of benzene rings is 1. The Kier molecular flexibility index (Phi) is 4.24. The zero-order valence-corrected chi connectivity index (χ0v) is 11.4. The second-order valence-electron chi connectivity index (χ2n) is 4.45. The first kappa shape index (κ1) is 13.9. The molecule has 0 fully saturated rings. The first-order valence-corrected chi connectivity index (χ1v) is 6.12. The Morgan fingerprint density at radius 1 is 1.30 bits per heavy atom. The minimum Gasteiger partial charge on any atom is -0.454 e. The van der Waals surface area contributed by atoms with Gasteiger partial charge in [-0.05, 0) is 23.8 Å². The Bertz CT molecular complexity index is 552. The summed E-state index contributed by atoms with van der Waals surface area (Å²) in [6, 6.07) is 5.40. The van der Waals surface area contributed by atoms with Gasteiger partial charge in [0, 0.05) is 20.2 Å². The van der Waals surface area contributed by atoms with E-state index in [1.54, 1.807) is 32.3 Å². The molecule has 1 aliphatic rings. The molecule has 0 radical (unpaired) electrons. The van der Waals surface area contributed by atoms with Gasteiger partial charge in [0.1, 0.15) is 0 Å². The molecule has 1 heterocycles. The van der Waals surface area contributed by atoms with E-state index in [0.29, 0.717) is 11.5 Å². The largest absolute Gasteiger partial charge is 0.454 e. The van der Waals surface area contributed by atoms with Gasteiger partial charge in [0.15, 0.2) is 11.5 Å². The summed E-state index contributed by atoms with van der Waals surface area (Å²) in [5.41, 5.74) is 0.823. The van der Waals surface area contributed by atoms with Crippen molar-refractivity contribution in [1.29, 1.82) is 0 Å². The van der Waals surface area contributed by atoms with Crippen molar-refractivity contribution in [1.82, 2.24) is 10.2 Å². The first-order chi connectivity index (χ1) is 9.56. The van der Waals surface area contributed by atoms with Crippen molar-refractivity contribution in [2.24, 2.45) is 0 Å². The number of fused-ring (bicyclic) bond motifs is 1. The minimum atomic E-state index is -0.321. The van der Waals surface area contributed by atoms with Crippen LogP contribution in [-0.4, -0.2) is 44.1 Å². The number of carbonyl (C=O) groups is 2. The summed E-state index contributed by atoms with van der Waals surface area (Å²) in [7, 11) is 3.27. The van der Waals surface area contributed by atoms with Crippen molar-refractivity contribution in [3.05, 3.63) is 29.8 Å². The highest BCUT2D eigenvalue weighted by Crippen LogP contribution is 2.32. The molecule has 1 N–H and O–H groups in total. The van der Waals surface area contributed by atoms with E-state index in [9.17, 15) is 9.59 Å². The van der Waals surface area contributed by atoms with E-state index in [4.69, 9.17) is 9.47 Å². The molecule has 2 rings (SSSR count). The number of hydrogen-bond acceptors (Lipinski definition) is 4. The lowest BCUT2D eigenvalue weighted by Gasteiger charge is -2.09. The number of nitrogens with one attached hydrogen (secondary N) is 1. The van der Waals surface area contributed by atoms with Crippen molar-refractivity contribution in [3.8, 4) is 11.5 Å². The molecule has 0 bridgehead atoms. The molecule has 6 heteroatoms. The summed E-state index contributed by atoms with van der Waals surface area (Å²) in [5, 5.41) is 2.51. The van der Waals surface area contributed by atoms with Crippen LogP contribution in [0.1, 0.15) is 5.56 Å². The maximum atomic E-state index is 11.6. The fourth-order valence-corrected chi connectivity index (χ4v) is 1.57. The van der Waals surface area contributed by atoms with E-state index < -0.39 is 0 Å². The number of nitrogens with zero attached hydrogens (tertiary/aromatic N) is 1. The maximum Gasteiger partial charge on any atom is 0.244 e. The Balaban J connectivity index is 1.89. The van der Waals surface area contributed by atoms with Crippen LogP contribution in [0, 0.1) is 0 Å². The number of amides is 2. The SMILES string of the molecule is CN(C)C(=O)CNC(=O)/C=C/c1ccc2c(c1)OCO2.